The molecule has 0 spiro atoms. The fraction of sp³-hybridized carbons (Fsp3) is 0.364. The van der Waals surface area contributed by atoms with Gasteiger partial charge in [0.1, 0.15) is 12.1 Å². The van der Waals surface area contributed by atoms with Gasteiger partial charge in [-0.05, 0) is 41.5 Å². The number of aliphatic carboxylic acids is 1. The quantitative estimate of drug-likeness (QED) is 0.879. The lowest BCUT2D eigenvalue weighted by Crippen LogP contribution is -2.53. The SMILES string of the molecule is CC[C@@]1(C(=O)O)CCCN1C(=O)OCC1c2ccccc2-c2ccccc21. The van der Waals surface area contributed by atoms with Crippen molar-refractivity contribution in [3.63, 3.8) is 0 Å². The van der Waals surface area contributed by atoms with Crippen LogP contribution in [0.3, 0.4) is 0 Å². The summed E-state index contributed by atoms with van der Waals surface area (Å²) >= 11 is 0. The summed E-state index contributed by atoms with van der Waals surface area (Å²) in [6.45, 7) is 2.45. The molecule has 0 saturated carbocycles. The van der Waals surface area contributed by atoms with Crippen molar-refractivity contribution >= 4 is 12.1 Å². The first-order valence-electron chi connectivity index (χ1n) is 9.44. The minimum absolute atomic E-state index is 0.0233. The Labute approximate surface area is 158 Å². The third kappa shape index (κ3) is 2.69. The van der Waals surface area contributed by atoms with Gasteiger partial charge in [0.25, 0.3) is 0 Å². The summed E-state index contributed by atoms with van der Waals surface area (Å²) in [4.78, 5) is 26.0. The number of hydrogen-bond donors (Lipinski definition) is 1. The summed E-state index contributed by atoms with van der Waals surface area (Å²) in [7, 11) is 0. The molecule has 2 aliphatic rings. The molecule has 1 aliphatic heterocycles. The van der Waals surface area contributed by atoms with E-state index >= 15 is 0 Å². The molecule has 5 nitrogen and oxygen atoms in total. The van der Waals surface area contributed by atoms with Crippen molar-refractivity contribution in [2.45, 2.75) is 37.6 Å². The molecule has 1 N–H and O–H groups in total. The molecule has 1 amide bonds. The predicted octanol–water partition coefficient (Wildman–Crippen LogP) is 4.26. The zero-order chi connectivity index (χ0) is 19.0. The summed E-state index contributed by atoms with van der Waals surface area (Å²) in [6.07, 6.45) is 1.01. The number of rotatable bonds is 4. The molecular weight excluding hydrogens is 342 g/mol. The third-order valence-corrected chi connectivity index (χ3v) is 6.03. The van der Waals surface area contributed by atoms with Crippen LogP contribution >= 0.6 is 0 Å². The first kappa shape index (κ1) is 17.6. The lowest BCUT2D eigenvalue weighted by atomic mass is 9.93. The number of carboxylic acid groups (broad SMARTS) is 1. The van der Waals surface area contributed by atoms with Gasteiger partial charge in [-0.25, -0.2) is 9.59 Å². The van der Waals surface area contributed by atoms with Crippen LogP contribution < -0.4 is 0 Å². The minimum Gasteiger partial charge on any atom is -0.479 e. The van der Waals surface area contributed by atoms with Gasteiger partial charge in [0.15, 0.2) is 0 Å². The Morgan fingerprint density at radius 1 is 1.11 bits per heavy atom. The smallest absolute Gasteiger partial charge is 0.410 e. The van der Waals surface area contributed by atoms with Crippen molar-refractivity contribution < 1.29 is 19.4 Å². The van der Waals surface area contributed by atoms with E-state index in [1.165, 1.54) is 16.0 Å². The second-order valence-corrected chi connectivity index (χ2v) is 7.25. The van der Waals surface area contributed by atoms with Crippen LogP contribution in [-0.4, -0.2) is 40.8 Å². The maximum Gasteiger partial charge on any atom is 0.410 e. The van der Waals surface area contributed by atoms with Crippen LogP contribution in [0.1, 0.15) is 43.2 Å². The van der Waals surface area contributed by atoms with Gasteiger partial charge >= 0.3 is 12.1 Å². The number of fused-ring (bicyclic) bond motifs is 3. The molecule has 27 heavy (non-hydrogen) atoms. The number of benzene rings is 2. The molecule has 0 radical (unpaired) electrons. The van der Waals surface area contributed by atoms with Crippen LogP contribution in [0.25, 0.3) is 11.1 Å². The molecule has 1 saturated heterocycles. The van der Waals surface area contributed by atoms with Crippen molar-refractivity contribution in [1.29, 1.82) is 0 Å². The van der Waals surface area contributed by atoms with Crippen LogP contribution in [0.15, 0.2) is 48.5 Å². The number of nitrogens with zero attached hydrogens (tertiary/aromatic N) is 1. The standard InChI is InChI=1S/C22H23NO4/c1-2-22(20(24)25)12-7-13-23(22)21(26)27-14-19-17-10-5-3-8-15(17)16-9-4-6-11-18(16)19/h3-6,8-11,19H,2,7,12-14H2,1H3,(H,24,25)/t22-/m0/s1. The van der Waals surface area contributed by atoms with Crippen molar-refractivity contribution in [3.05, 3.63) is 59.7 Å². The third-order valence-electron chi connectivity index (χ3n) is 6.03. The van der Waals surface area contributed by atoms with Crippen molar-refractivity contribution in [3.8, 4) is 11.1 Å². The van der Waals surface area contributed by atoms with E-state index in [1.54, 1.807) is 0 Å². The van der Waals surface area contributed by atoms with Gasteiger partial charge in [-0.15, -0.1) is 0 Å². The van der Waals surface area contributed by atoms with E-state index in [0.29, 0.717) is 25.8 Å². The second-order valence-electron chi connectivity index (χ2n) is 7.25. The molecule has 1 aliphatic carbocycles. The van der Waals surface area contributed by atoms with Gasteiger partial charge in [-0.3, -0.25) is 4.90 Å². The van der Waals surface area contributed by atoms with E-state index in [2.05, 4.69) is 24.3 Å². The molecular formula is C22H23NO4. The molecule has 0 aromatic heterocycles. The van der Waals surface area contributed by atoms with Crippen molar-refractivity contribution in [2.24, 2.45) is 0 Å². The zero-order valence-corrected chi connectivity index (χ0v) is 15.4. The largest absolute Gasteiger partial charge is 0.479 e. The molecule has 1 fully saturated rings. The van der Waals surface area contributed by atoms with Crippen molar-refractivity contribution in [2.75, 3.05) is 13.2 Å². The number of carboxylic acids is 1. The number of carbonyl (C=O) groups is 2. The summed E-state index contributed by atoms with van der Waals surface area (Å²) in [6, 6.07) is 16.3. The molecule has 140 valence electrons. The van der Waals surface area contributed by atoms with Crippen LogP contribution in [0, 0.1) is 0 Å². The number of likely N-dealkylation sites (tertiary alicyclic amines) is 1. The Kier molecular flexibility index (Phi) is 4.38. The average molecular weight is 365 g/mol. The highest BCUT2D eigenvalue weighted by Gasteiger charge is 2.49. The fourth-order valence-corrected chi connectivity index (χ4v) is 4.56. The van der Waals surface area contributed by atoms with Gasteiger partial charge in [0, 0.05) is 12.5 Å². The first-order chi connectivity index (χ1) is 13.1. The van der Waals surface area contributed by atoms with Gasteiger partial charge in [-0.2, -0.15) is 0 Å². The normalized spacial score (nSPS) is 21.0. The summed E-state index contributed by atoms with van der Waals surface area (Å²) in [5.74, 6) is -0.971. The lowest BCUT2D eigenvalue weighted by molar-refractivity contribution is -0.149. The molecule has 5 heteroatoms. The Bertz CT molecular complexity index is 848. The van der Waals surface area contributed by atoms with Gasteiger partial charge in [0.05, 0.1) is 0 Å². The highest BCUT2D eigenvalue weighted by atomic mass is 16.6. The second kappa shape index (κ2) is 6.72. The number of ether oxygens (including phenoxy) is 1. The summed E-state index contributed by atoms with van der Waals surface area (Å²) in [5.41, 5.74) is 3.50. The van der Waals surface area contributed by atoms with E-state index in [-0.39, 0.29) is 12.5 Å². The lowest BCUT2D eigenvalue weighted by Gasteiger charge is -2.33. The Morgan fingerprint density at radius 2 is 1.70 bits per heavy atom. The fourth-order valence-electron chi connectivity index (χ4n) is 4.56. The van der Waals surface area contributed by atoms with E-state index in [9.17, 15) is 14.7 Å². The van der Waals surface area contributed by atoms with E-state index in [1.807, 2.05) is 31.2 Å². The molecule has 1 heterocycles. The maximum atomic E-state index is 12.7. The summed E-state index contributed by atoms with van der Waals surface area (Å²) in [5, 5.41) is 9.67. The van der Waals surface area contributed by atoms with Crippen LogP contribution in [0.2, 0.25) is 0 Å². The predicted molar refractivity (Wildman–Crippen MR) is 102 cm³/mol. The highest BCUT2D eigenvalue weighted by molar-refractivity contribution is 5.85. The molecule has 1 atom stereocenters. The maximum absolute atomic E-state index is 12.7. The first-order valence-corrected chi connectivity index (χ1v) is 9.44. The van der Waals surface area contributed by atoms with Gasteiger partial charge < -0.3 is 9.84 Å². The van der Waals surface area contributed by atoms with Crippen molar-refractivity contribution in [1.82, 2.24) is 4.90 Å². The minimum atomic E-state index is -1.14. The van der Waals surface area contributed by atoms with Gasteiger partial charge in [0.2, 0.25) is 0 Å². The monoisotopic (exact) mass is 365 g/mol. The Hall–Kier alpha value is -2.82. The van der Waals surface area contributed by atoms with Crippen LogP contribution in [-0.2, 0) is 9.53 Å². The zero-order valence-electron chi connectivity index (χ0n) is 15.4. The summed E-state index contributed by atoms with van der Waals surface area (Å²) < 4.78 is 5.65. The number of amides is 1. The number of carbonyl (C=O) groups excluding carboxylic acids is 1. The number of hydrogen-bond acceptors (Lipinski definition) is 3. The molecule has 0 unspecified atom stereocenters. The van der Waals surface area contributed by atoms with Gasteiger partial charge in [-0.1, -0.05) is 55.5 Å². The molecule has 2 aromatic rings. The topological polar surface area (TPSA) is 66.8 Å². The van der Waals surface area contributed by atoms with E-state index < -0.39 is 17.6 Å². The molecule has 4 rings (SSSR count). The molecule has 0 bridgehead atoms. The van der Waals surface area contributed by atoms with E-state index in [4.69, 9.17) is 4.74 Å². The Morgan fingerprint density at radius 3 is 2.26 bits per heavy atom. The average Bonchev–Trinajstić information content (AvgIpc) is 3.27. The Balaban J connectivity index is 1.56. The molecule has 2 aromatic carbocycles. The van der Waals surface area contributed by atoms with Crippen LogP contribution in [0.5, 0.6) is 0 Å². The highest BCUT2D eigenvalue weighted by Crippen LogP contribution is 2.44. The van der Waals surface area contributed by atoms with E-state index in [0.717, 1.165) is 11.1 Å². The van der Waals surface area contributed by atoms with Crippen LogP contribution in [0.4, 0.5) is 4.79 Å².